The lowest BCUT2D eigenvalue weighted by molar-refractivity contribution is 0.894. The molecule has 1 fully saturated rings. The summed E-state index contributed by atoms with van der Waals surface area (Å²) in [6.45, 7) is 4.16. The fraction of sp³-hybridized carbons (Fsp3) is 0.417. The van der Waals surface area contributed by atoms with Crippen LogP contribution in [0.4, 0.5) is 5.82 Å². The summed E-state index contributed by atoms with van der Waals surface area (Å²) in [5.74, 6) is 0.971. The number of nitrogens with one attached hydrogen (secondary N) is 1. The maximum atomic E-state index is 4.27. The molecular formula is C12H15N5. The van der Waals surface area contributed by atoms with Crippen LogP contribution >= 0.6 is 0 Å². The van der Waals surface area contributed by atoms with Crippen LogP contribution < -0.4 is 4.90 Å². The van der Waals surface area contributed by atoms with E-state index in [1.165, 1.54) is 12.8 Å². The lowest BCUT2D eigenvalue weighted by Gasteiger charge is -2.14. The predicted octanol–water partition coefficient (Wildman–Crippen LogP) is 1.78. The van der Waals surface area contributed by atoms with E-state index in [0.29, 0.717) is 0 Å². The molecule has 2 aromatic rings. The van der Waals surface area contributed by atoms with Gasteiger partial charge in [-0.1, -0.05) is 0 Å². The van der Waals surface area contributed by atoms with Crippen molar-refractivity contribution < 1.29 is 0 Å². The summed E-state index contributed by atoms with van der Waals surface area (Å²) in [6, 6.07) is 5.98. The summed E-state index contributed by atoms with van der Waals surface area (Å²) in [4.78, 5) is 2.27. The minimum Gasteiger partial charge on any atom is -0.355 e. The van der Waals surface area contributed by atoms with E-state index in [-0.39, 0.29) is 0 Å². The van der Waals surface area contributed by atoms with Gasteiger partial charge in [-0.15, -0.1) is 10.2 Å². The first-order valence-electron chi connectivity index (χ1n) is 5.94. The van der Waals surface area contributed by atoms with Gasteiger partial charge in [0.15, 0.2) is 5.82 Å². The topological polar surface area (TPSA) is 57.7 Å². The van der Waals surface area contributed by atoms with Gasteiger partial charge in [0.05, 0.1) is 0 Å². The number of hydrogen-bond acceptors (Lipinski definition) is 4. The zero-order valence-corrected chi connectivity index (χ0v) is 9.85. The summed E-state index contributed by atoms with van der Waals surface area (Å²) >= 11 is 0. The Hall–Kier alpha value is -1.91. The summed E-state index contributed by atoms with van der Waals surface area (Å²) < 4.78 is 0. The second-order valence-electron chi connectivity index (χ2n) is 4.41. The van der Waals surface area contributed by atoms with Gasteiger partial charge in [-0.05, 0) is 38.0 Å². The molecule has 3 heterocycles. The Bertz CT molecular complexity index is 496. The zero-order valence-electron chi connectivity index (χ0n) is 9.85. The highest BCUT2D eigenvalue weighted by atomic mass is 15.3. The minimum absolute atomic E-state index is 0.817. The summed E-state index contributed by atoms with van der Waals surface area (Å²) in [5, 5.41) is 15.6. The Morgan fingerprint density at radius 1 is 1.12 bits per heavy atom. The first-order valence-corrected chi connectivity index (χ1v) is 5.94. The van der Waals surface area contributed by atoms with Crippen LogP contribution in [0.15, 0.2) is 18.2 Å². The van der Waals surface area contributed by atoms with Gasteiger partial charge in [0.2, 0.25) is 0 Å². The highest BCUT2D eigenvalue weighted by Crippen LogP contribution is 2.19. The number of aromatic amines is 1. The number of nitrogens with zero attached hydrogens (tertiary/aromatic N) is 4. The third-order valence-electron chi connectivity index (χ3n) is 3.05. The molecule has 0 unspecified atom stereocenters. The van der Waals surface area contributed by atoms with Gasteiger partial charge in [0.1, 0.15) is 11.4 Å². The average molecular weight is 229 g/mol. The lowest BCUT2D eigenvalue weighted by Crippen LogP contribution is -2.19. The van der Waals surface area contributed by atoms with Gasteiger partial charge >= 0.3 is 0 Å². The van der Waals surface area contributed by atoms with Crippen molar-refractivity contribution in [2.75, 3.05) is 18.0 Å². The molecule has 0 atom stereocenters. The van der Waals surface area contributed by atoms with Crippen molar-refractivity contribution in [1.82, 2.24) is 20.4 Å². The predicted molar refractivity (Wildman–Crippen MR) is 65.8 cm³/mol. The quantitative estimate of drug-likeness (QED) is 0.852. The molecule has 5 heteroatoms. The van der Waals surface area contributed by atoms with E-state index in [9.17, 15) is 0 Å². The van der Waals surface area contributed by atoms with Gasteiger partial charge in [0.25, 0.3) is 0 Å². The molecule has 5 nitrogen and oxygen atoms in total. The van der Waals surface area contributed by atoms with E-state index in [2.05, 4.69) is 25.3 Å². The number of H-pyrrole nitrogens is 1. The smallest absolute Gasteiger partial charge is 0.151 e. The largest absolute Gasteiger partial charge is 0.355 e. The molecule has 0 bridgehead atoms. The molecule has 3 rings (SSSR count). The lowest BCUT2D eigenvalue weighted by atomic mass is 10.3. The second-order valence-corrected chi connectivity index (χ2v) is 4.41. The minimum atomic E-state index is 0.817. The Balaban J connectivity index is 1.84. The van der Waals surface area contributed by atoms with E-state index in [0.717, 1.165) is 36.0 Å². The van der Waals surface area contributed by atoms with Gasteiger partial charge in [-0.25, -0.2) is 0 Å². The molecule has 17 heavy (non-hydrogen) atoms. The van der Waals surface area contributed by atoms with Crippen LogP contribution in [-0.4, -0.2) is 33.5 Å². The van der Waals surface area contributed by atoms with Crippen molar-refractivity contribution in [2.45, 2.75) is 19.8 Å². The first kappa shape index (κ1) is 10.3. The monoisotopic (exact) mass is 229 g/mol. The maximum Gasteiger partial charge on any atom is 0.151 e. The molecule has 1 aliphatic heterocycles. The summed E-state index contributed by atoms with van der Waals surface area (Å²) in [7, 11) is 0. The van der Waals surface area contributed by atoms with Crippen molar-refractivity contribution in [3.8, 4) is 11.4 Å². The number of hydrogen-bond donors (Lipinski definition) is 1. The van der Waals surface area contributed by atoms with Crippen molar-refractivity contribution in [2.24, 2.45) is 0 Å². The average Bonchev–Trinajstić information content (AvgIpc) is 3.00. The number of aryl methyl sites for hydroxylation is 1. The Morgan fingerprint density at radius 3 is 2.53 bits per heavy atom. The van der Waals surface area contributed by atoms with Gasteiger partial charge < -0.3 is 4.90 Å². The number of anilines is 1. The van der Waals surface area contributed by atoms with E-state index < -0.39 is 0 Å². The van der Waals surface area contributed by atoms with Crippen molar-refractivity contribution >= 4 is 5.82 Å². The standard InChI is InChI=1S/C12H15N5/c1-9-8-11(15-13-9)10-4-5-12(16-14-10)17-6-2-3-7-17/h4-5,8H,2-3,6-7H2,1H3,(H,13,15). The van der Waals surface area contributed by atoms with E-state index in [4.69, 9.17) is 0 Å². The Labute approximate surface area is 99.9 Å². The van der Waals surface area contributed by atoms with E-state index in [1.807, 2.05) is 25.1 Å². The third kappa shape index (κ3) is 2.00. The molecule has 1 saturated heterocycles. The maximum absolute atomic E-state index is 4.27. The molecule has 0 spiro atoms. The number of aromatic nitrogens is 4. The Morgan fingerprint density at radius 2 is 1.94 bits per heavy atom. The van der Waals surface area contributed by atoms with Crippen LogP contribution in [-0.2, 0) is 0 Å². The second kappa shape index (κ2) is 4.16. The molecule has 0 radical (unpaired) electrons. The molecule has 0 aliphatic carbocycles. The molecule has 0 amide bonds. The highest BCUT2D eigenvalue weighted by Gasteiger charge is 2.14. The van der Waals surface area contributed by atoms with Crippen LogP contribution in [0, 0.1) is 6.92 Å². The van der Waals surface area contributed by atoms with Gasteiger partial charge in [-0.3, -0.25) is 5.10 Å². The van der Waals surface area contributed by atoms with Crippen molar-refractivity contribution in [3.63, 3.8) is 0 Å². The van der Waals surface area contributed by atoms with Crippen LogP contribution in [0.3, 0.4) is 0 Å². The molecule has 0 saturated carbocycles. The fourth-order valence-corrected chi connectivity index (χ4v) is 2.13. The third-order valence-corrected chi connectivity index (χ3v) is 3.05. The van der Waals surface area contributed by atoms with Crippen LogP contribution in [0.2, 0.25) is 0 Å². The molecule has 0 aromatic carbocycles. The molecule has 88 valence electrons. The summed E-state index contributed by atoms with van der Waals surface area (Å²) in [5.41, 5.74) is 2.70. The Kier molecular flexibility index (Phi) is 2.51. The van der Waals surface area contributed by atoms with Crippen LogP contribution in [0.1, 0.15) is 18.5 Å². The summed E-state index contributed by atoms with van der Waals surface area (Å²) in [6.07, 6.45) is 2.50. The van der Waals surface area contributed by atoms with Gasteiger partial charge in [0, 0.05) is 18.8 Å². The molecular weight excluding hydrogens is 214 g/mol. The highest BCUT2D eigenvalue weighted by molar-refractivity contribution is 5.55. The number of rotatable bonds is 2. The van der Waals surface area contributed by atoms with Gasteiger partial charge in [-0.2, -0.15) is 5.10 Å². The fourth-order valence-electron chi connectivity index (χ4n) is 2.13. The molecule has 2 aromatic heterocycles. The zero-order chi connectivity index (χ0) is 11.7. The SMILES string of the molecule is Cc1cc(-c2ccc(N3CCCC3)nn2)n[nH]1. The normalized spacial score (nSPS) is 15.5. The molecule has 1 N–H and O–H groups in total. The van der Waals surface area contributed by atoms with Crippen LogP contribution in [0.5, 0.6) is 0 Å². The molecule has 1 aliphatic rings. The van der Waals surface area contributed by atoms with E-state index in [1.54, 1.807) is 0 Å². The van der Waals surface area contributed by atoms with Crippen molar-refractivity contribution in [3.05, 3.63) is 23.9 Å². The van der Waals surface area contributed by atoms with E-state index >= 15 is 0 Å². The van der Waals surface area contributed by atoms with Crippen molar-refractivity contribution in [1.29, 1.82) is 0 Å². The first-order chi connectivity index (χ1) is 8.33. The van der Waals surface area contributed by atoms with Crippen LogP contribution in [0.25, 0.3) is 11.4 Å².